The lowest BCUT2D eigenvalue weighted by Crippen LogP contribution is -2.37. The molecular formula is C9H12N2O3. The zero-order valence-corrected chi connectivity index (χ0v) is 8.24. The van der Waals surface area contributed by atoms with Crippen LogP contribution in [0.3, 0.4) is 0 Å². The Morgan fingerprint density at radius 2 is 2.29 bits per heavy atom. The Morgan fingerprint density at radius 3 is 2.64 bits per heavy atom. The minimum absolute atomic E-state index is 0.0586. The van der Waals surface area contributed by atoms with E-state index in [1.54, 1.807) is 7.11 Å². The van der Waals surface area contributed by atoms with Crippen molar-refractivity contribution in [2.45, 2.75) is 31.8 Å². The zero-order chi connectivity index (χ0) is 10.2. The van der Waals surface area contributed by atoms with Gasteiger partial charge in [0.25, 0.3) is 5.89 Å². The van der Waals surface area contributed by atoms with Gasteiger partial charge in [0.2, 0.25) is 11.6 Å². The Morgan fingerprint density at radius 1 is 1.57 bits per heavy atom. The normalized spacial score (nSPS) is 19.0. The van der Waals surface area contributed by atoms with Crippen molar-refractivity contribution in [1.82, 2.24) is 10.1 Å². The van der Waals surface area contributed by atoms with Crippen molar-refractivity contribution in [3.05, 3.63) is 11.7 Å². The predicted molar refractivity (Wildman–Crippen MR) is 46.8 cm³/mol. The van der Waals surface area contributed by atoms with Crippen molar-refractivity contribution >= 4 is 5.78 Å². The number of carbonyl (C=O) groups is 1. The van der Waals surface area contributed by atoms with E-state index in [0.717, 1.165) is 19.3 Å². The maximum absolute atomic E-state index is 10.9. The van der Waals surface area contributed by atoms with E-state index in [-0.39, 0.29) is 11.7 Å². The van der Waals surface area contributed by atoms with E-state index in [2.05, 4.69) is 10.1 Å². The minimum Gasteiger partial charge on any atom is -0.370 e. The molecule has 1 fully saturated rings. The van der Waals surface area contributed by atoms with Crippen LogP contribution in [0.25, 0.3) is 0 Å². The van der Waals surface area contributed by atoms with Crippen LogP contribution in [0.1, 0.15) is 42.7 Å². The number of rotatable bonds is 3. The van der Waals surface area contributed by atoms with E-state index >= 15 is 0 Å². The van der Waals surface area contributed by atoms with Gasteiger partial charge in [-0.25, -0.2) is 0 Å². The van der Waals surface area contributed by atoms with Crippen LogP contribution < -0.4 is 0 Å². The van der Waals surface area contributed by atoms with Crippen molar-refractivity contribution in [3.8, 4) is 0 Å². The molecule has 5 heteroatoms. The van der Waals surface area contributed by atoms with Crippen molar-refractivity contribution < 1.29 is 14.1 Å². The molecular weight excluding hydrogens is 184 g/mol. The molecule has 76 valence electrons. The molecule has 0 radical (unpaired) electrons. The molecule has 0 atom stereocenters. The average molecular weight is 196 g/mol. The maximum Gasteiger partial charge on any atom is 0.293 e. The summed E-state index contributed by atoms with van der Waals surface area (Å²) in [5, 5.41) is 3.77. The Hall–Kier alpha value is -1.23. The summed E-state index contributed by atoms with van der Waals surface area (Å²) in [6.45, 7) is 1.40. The van der Waals surface area contributed by atoms with Gasteiger partial charge in [0.05, 0.1) is 0 Å². The van der Waals surface area contributed by atoms with E-state index in [4.69, 9.17) is 9.26 Å². The van der Waals surface area contributed by atoms with Crippen molar-refractivity contribution in [3.63, 3.8) is 0 Å². The highest BCUT2D eigenvalue weighted by Crippen LogP contribution is 2.42. The lowest BCUT2D eigenvalue weighted by molar-refractivity contribution is -0.0858. The molecule has 1 aromatic rings. The van der Waals surface area contributed by atoms with E-state index in [1.165, 1.54) is 6.92 Å². The summed E-state index contributed by atoms with van der Waals surface area (Å²) in [4.78, 5) is 15.0. The van der Waals surface area contributed by atoms with E-state index < -0.39 is 5.60 Å². The van der Waals surface area contributed by atoms with Crippen LogP contribution in [0.4, 0.5) is 0 Å². The van der Waals surface area contributed by atoms with Gasteiger partial charge in [-0.05, 0) is 19.3 Å². The number of carbonyl (C=O) groups excluding carboxylic acids is 1. The monoisotopic (exact) mass is 196 g/mol. The van der Waals surface area contributed by atoms with Crippen LogP contribution in [0.15, 0.2) is 4.52 Å². The summed E-state index contributed by atoms with van der Waals surface area (Å²) in [6.07, 6.45) is 2.87. The SMILES string of the molecule is COC1(c2noc(C(C)=O)n2)CCC1. The van der Waals surface area contributed by atoms with Gasteiger partial charge < -0.3 is 9.26 Å². The number of aromatic nitrogens is 2. The first-order valence-electron chi connectivity index (χ1n) is 4.58. The molecule has 0 aromatic carbocycles. The van der Waals surface area contributed by atoms with Crippen molar-refractivity contribution in [2.75, 3.05) is 7.11 Å². The Balaban J connectivity index is 2.27. The van der Waals surface area contributed by atoms with E-state index in [0.29, 0.717) is 5.82 Å². The topological polar surface area (TPSA) is 65.2 Å². The third-order valence-corrected chi connectivity index (χ3v) is 2.69. The second-order valence-electron chi connectivity index (χ2n) is 3.53. The third kappa shape index (κ3) is 1.24. The highest BCUT2D eigenvalue weighted by Gasteiger charge is 2.43. The fourth-order valence-electron chi connectivity index (χ4n) is 1.57. The minimum atomic E-state index is -0.406. The van der Waals surface area contributed by atoms with Gasteiger partial charge >= 0.3 is 0 Å². The average Bonchev–Trinajstić information content (AvgIpc) is 2.52. The largest absolute Gasteiger partial charge is 0.370 e. The molecule has 0 saturated heterocycles. The predicted octanol–water partition coefficient (Wildman–Crippen LogP) is 1.30. The Bertz CT molecular complexity index is 349. The first-order chi connectivity index (χ1) is 6.68. The zero-order valence-electron chi connectivity index (χ0n) is 8.24. The summed E-state index contributed by atoms with van der Waals surface area (Å²) in [7, 11) is 1.63. The van der Waals surface area contributed by atoms with Crippen LogP contribution in [0.5, 0.6) is 0 Å². The van der Waals surface area contributed by atoms with Crippen LogP contribution in [-0.4, -0.2) is 23.0 Å². The number of methoxy groups -OCH3 is 1. The van der Waals surface area contributed by atoms with Gasteiger partial charge in [0, 0.05) is 14.0 Å². The number of ether oxygens (including phenoxy) is 1. The fraction of sp³-hybridized carbons (Fsp3) is 0.667. The summed E-state index contributed by atoms with van der Waals surface area (Å²) in [6, 6.07) is 0. The van der Waals surface area contributed by atoms with Gasteiger partial charge in [-0.1, -0.05) is 5.16 Å². The van der Waals surface area contributed by atoms with Crippen LogP contribution >= 0.6 is 0 Å². The number of hydrogen-bond acceptors (Lipinski definition) is 5. The fourth-order valence-corrected chi connectivity index (χ4v) is 1.57. The third-order valence-electron chi connectivity index (χ3n) is 2.69. The Kier molecular flexibility index (Phi) is 2.11. The highest BCUT2D eigenvalue weighted by molar-refractivity contribution is 5.89. The number of hydrogen-bond donors (Lipinski definition) is 0. The number of Topliss-reactive ketones (excluding diaryl/α,β-unsaturated/α-hetero) is 1. The molecule has 14 heavy (non-hydrogen) atoms. The molecule has 1 aliphatic rings. The van der Waals surface area contributed by atoms with Crippen molar-refractivity contribution in [2.24, 2.45) is 0 Å². The number of nitrogens with zero attached hydrogens (tertiary/aromatic N) is 2. The molecule has 1 heterocycles. The molecule has 0 aliphatic heterocycles. The molecule has 0 bridgehead atoms. The van der Waals surface area contributed by atoms with Gasteiger partial charge in [-0.15, -0.1) is 0 Å². The summed E-state index contributed by atoms with van der Waals surface area (Å²) in [5.41, 5.74) is -0.406. The molecule has 0 unspecified atom stereocenters. The lowest BCUT2D eigenvalue weighted by Gasteiger charge is -2.37. The van der Waals surface area contributed by atoms with Crippen LogP contribution in [-0.2, 0) is 10.3 Å². The van der Waals surface area contributed by atoms with Crippen LogP contribution in [0.2, 0.25) is 0 Å². The van der Waals surface area contributed by atoms with Crippen LogP contribution in [0, 0.1) is 0 Å². The smallest absolute Gasteiger partial charge is 0.293 e. The van der Waals surface area contributed by atoms with E-state index in [9.17, 15) is 4.79 Å². The van der Waals surface area contributed by atoms with Crippen molar-refractivity contribution in [1.29, 1.82) is 0 Å². The van der Waals surface area contributed by atoms with Gasteiger partial charge in [-0.3, -0.25) is 4.79 Å². The van der Waals surface area contributed by atoms with Gasteiger partial charge in [0.15, 0.2) is 0 Å². The summed E-state index contributed by atoms with van der Waals surface area (Å²) < 4.78 is 10.2. The lowest BCUT2D eigenvalue weighted by atomic mass is 9.79. The molecule has 5 nitrogen and oxygen atoms in total. The second kappa shape index (κ2) is 3.16. The second-order valence-corrected chi connectivity index (χ2v) is 3.53. The molecule has 2 rings (SSSR count). The molecule has 1 aliphatic carbocycles. The standard InChI is InChI=1S/C9H12N2O3/c1-6(12)7-10-8(11-14-7)9(13-2)4-3-5-9/h3-5H2,1-2H3. The first-order valence-corrected chi connectivity index (χ1v) is 4.58. The highest BCUT2D eigenvalue weighted by atomic mass is 16.5. The molecule has 1 aromatic heterocycles. The van der Waals surface area contributed by atoms with Gasteiger partial charge in [0.1, 0.15) is 5.60 Å². The Labute approximate surface area is 81.4 Å². The molecule has 0 amide bonds. The quantitative estimate of drug-likeness (QED) is 0.681. The summed E-state index contributed by atoms with van der Waals surface area (Å²) >= 11 is 0. The molecule has 0 spiro atoms. The summed E-state index contributed by atoms with van der Waals surface area (Å²) in [5.74, 6) is 0.342. The molecule has 0 N–H and O–H groups in total. The number of ketones is 1. The first kappa shape index (κ1) is 9.33. The van der Waals surface area contributed by atoms with Gasteiger partial charge in [-0.2, -0.15) is 4.98 Å². The maximum atomic E-state index is 10.9. The van der Waals surface area contributed by atoms with E-state index in [1.807, 2.05) is 0 Å². The molecule has 1 saturated carbocycles.